The Morgan fingerprint density at radius 2 is 2.08 bits per heavy atom. The van der Waals surface area contributed by atoms with Gasteiger partial charge in [-0.2, -0.15) is 5.10 Å². The first-order valence-electron chi connectivity index (χ1n) is 9.18. The predicted molar refractivity (Wildman–Crippen MR) is 98.5 cm³/mol. The molecule has 26 heavy (non-hydrogen) atoms. The van der Waals surface area contributed by atoms with Crippen molar-refractivity contribution in [2.24, 2.45) is 7.05 Å². The molecular formula is C19H26N4O3. The largest absolute Gasteiger partial charge is 0.381 e. The minimum absolute atomic E-state index is 0.0499. The fourth-order valence-corrected chi connectivity index (χ4v) is 3.44. The number of ether oxygens (including phenoxy) is 1. The summed E-state index contributed by atoms with van der Waals surface area (Å²) in [7, 11) is 1.67. The number of carbonyl (C=O) groups is 1. The summed E-state index contributed by atoms with van der Waals surface area (Å²) in [6.45, 7) is 4.34. The summed E-state index contributed by atoms with van der Waals surface area (Å²) in [5, 5.41) is 4.48. The Morgan fingerprint density at radius 1 is 1.31 bits per heavy atom. The van der Waals surface area contributed by atoms with Crippen molar-refractivity contribution in [3.63, 3.8) is 0 Å². The van der Waals surface area contributed by atoms with Gasteiger partial charge >= 0.3 is 5.69 Å². The van der Waals surface area contributed by atoms with Crippen LogP contribution in [-0.4, -0.2) is 51.5 Å². The van der Waals surface area contributed by atoms with E-state index in [9.17, 15) is 9.59 Å². The van der Waals surface area contributed by atoms with Gasteiger partial charge in [-0.1, -0.05) is 18.2 Å². The van der Waals surface area contributed by atoms with E-state index < -0.39 is 0 Å². The molecule has 0 N–H and O–H groups in total. The average molecular weight is 358 g/mol. The number of piperidine rings is 1. The quantitative estimate of drug-likeness (QED) is 0.737. The zero-order valence-electron chi connectivity index (χ0n) is 15.4. The third-order valence-corrected chi connectivity index (χ3v) is 4.77. The highest BCUT2D eigenvalue weighted by Gasteiger charge is 2.29. The number of hydrogen-bond donors (Lipinski definition) is 0. The van der Waals surface area contributed by atoms with Gasteiger partial charge in [0.25, 0.3) is 0 Å². The lowest BCUT2D eigenvalue weighted by Gasteiger charge is -2.32. The van der Waals surface area contributed by atoms with Crippen LogP contribution in [0.15, 0.2) is 35.1 Å². The normalized spacial score (nSPS) is 17.5. The summed E-state index contributed by atoms with van der Waals surface area (Å²) in [4.78, 5) is 26.9. The average Bonchev–Trinajstić information content (AvgIpc) is 2.97. The number of carbonyl (C=O) groups excluding carboxylic acids is 1. The summed E-state index contributed by atoms with van der Waals surface area (Å²) >= 11 is 0. The van der Waals surface area contributed by atoms with E-state index in [1.54, 1.807) is 11.6 Å². The molecule has 7 heteroatoms. The van der Waals surface area contributed by atoms with Gasteiger partial charge in [0.1, 0.15) is 5.82 Å². The van der Waals surface area contributed by atoms with Crippen LogP contribution in [0.3, 0.4) is 0 Å². The van der Waals surface area contributed by atoms with Gasteiger partial charge in [0.15, 0.2) is 0 Å². The van der Waals surface area contributed by atoms with Gasteiger partial charge < -0.3 is 9.64 Å². The number of aryl methyl sites for hydroxylation is 1. The van der Waals surface area contributed by atoms with Crippen molar-refractivity contribution in [3.05, 3.63) is 46.6 Å². The Balaban J connectivity index is 1.82. The van der Waals surface area contributed by atoms with Crippen LogP contribution in [0, 0.1) is 0 Å². The van der Waals surface area contributed by atoms with Gasteiger partial charge in [-0.25, -0.2) is 14.0 Å². The lowest BCUT2D eigenvalue weighted by Crippen LogP contribution is -2.40. The Bertz CT molecular complexity index is 797. The maximum atomic E-state index is 12.6. The highest BCUT2D eigenvalue weighted by molar-refractivity contribution is 5.76. The monoisotopic (exact) mass is 358 g/mol. The molecule has 3 rings (SSSR count). The predicted octanol–water partition coefficient (Wildman–Crippen LogP) is 1.70. The second-order valence-corrected chi connectivity index (χ2v) is 6.56. The van der Waals surface area contributed by atoms with Gasteiger partial charge in [0.2, 0.25) is 5.91 Å². The van der Waals surface area contributed by atoms with Gasteiger partial charge in [-0.15, -0.1) is 0 Å². The van der Waals surface area contributed by atoms with Crippen LogP contribution in [0.5, 0.6) is 0 Å². The van der Waals surface area contributed by atoms with E-state index in [2.05, 4.69) is 5.10 Å². The molecule has 2 aromatic rings. The summed E-state index contributed by atoms with van der Waals surface area (Å²) in [6, 6.07) is 9.54. The lowest BCUT2D eigenvalue weighted by atomic mass is 9.96. The van der Waals surface area contributed by atoms with Crippen LogP contribution in [0.1, 0.15) is 37.9 Å². The van der Waals surface area contributed by atoms with E-state index in [1.165, 1.54) is 4.68 Å². The van der Waals surface area contributed by atoms with Crippen molar-refractivity contribution < 1.29 is 9.53 Å². The van der Waals surface area contributed by atoms with Gasteiger partial charge in [0, 0.05) is 32.7 Å². The number of nitrogens with zero attached hydrogens (tertiary/aromatic N) is 4. The summed E-state index contributed by atoms with van der Waals surface area (Å²) < 4.78 is 8.33. The van der Waals surface area contributed by atoms with E-state index in [4.69, 9.17) is 4.74 Å². The molecule has 1 fully saturated rings. The van der Waals surface area contributed by atoms with E-state index in [0.29, 0.717) is 26.2 Å². The second-order valence-electron chi connectivity index (χ2n) is 6.56. The lowest BCUT2D eigenvalue weighted by molar-refractivity contribution is -0.133. The molecule has 0 spiro atoms. The molecule has 7 nitrogen and oxygen atoms in total. The zero-order chi connectivity index (χ0) is 18.5. The number of para-hydroxylation sites is 1. The first-order valence-corrected chi connectivity index (χ1v) is 9.18. The molecule has 1 aliphatic heterocycles. The molecule has 1 saturated heterocycles. The van der Waals surface area contributed by atoms with Crippen molar-refractivity contribution in [1.29, 1.82) is 0 Å². The molecule has 140 valence electrons. The number of aromatic nitrogens is 3. The number of hydrogen-bond acceptors (Lipinski definition) is 4. The Kier molecular flexibility index (Phi) is 5.88. The molecule has 0 unspecified atom stereocenters. The summed E-state index contributed by atoms with van der Waals surface area (Å²) in [5.74, 6) is 0.882. The number of likely N-dealkylation sites (tertiary alicyclic amines) is 1. The zero-order valence-corrected chi connectivity index (χ0v) is 15.4. The molecule has 1 aromatic carbocycles. The van der Waals surface area contributed by atoms with E-state index >= 15 is 0 Å². The molecule has 1 amide bonds. The summed E-state index contributed by atoms with van der Waals surface area (Å²) in [6.07, 6.45) is 2.22. The van der Waals surface area contributed by atoms with E-state index in [-0.39, 0.29) is 17.5 Å². The van der Waals surface area contributed by atoms with Crippen LogP contribution >= 0.6 is 0 Å². The smallest absolute Gasteiger partial charge is 0.350 e. The van der Waals surface area contributed by atoms with Crippen LogP contribution in [0.4, 0.5) is 0 Å². The Labute approximate surface area is 153 Å². The molecule has 2 heterocycles. The van der Waals surface area contributed by atoms with Gasteiger partial charge in [-0.05, 0) is 31.9 Å². The third kappa shape index (κ3) is 3.88. The number of amides is 1. The SMILES string of the molecule is CCOCCC(=O)N1CCC[C@@H](c2nn(C)c(=O)n2-c2ccccc2)C1. The Hall–Kier alpha value is -2.41. The second kappa shape index (κ2) is 8.31. The topological polar surface area (TPSA) is 69.4 Å². The van der Waals surface area contributed by atoms with Gasteiger partial charge in [0.05, 0.1) is 18.7 Å². The van der Waals surface area contributed by atoms with Gasteiger partial charge in [-0.3, -0.25) is 4.79 Å². The minimum Gasteiger partial charge on any atom is -0.381 e. The number of benzene rings is 1. The first kappa shape index (κ1) is 18.4. The van der Waals surface area contributed by atoms with E-state index in [0.717, 1.165) is 30.9 Å². The molecule has 0 saturated carbocycles. The van der Waals surface area contributed by atoms with Crippen LogP contribution in [0.25, 0.3) is 5.69 Å². The van der Waals surface area contributed by atoms with Crippen molar-refractivity contribution in [2.45, 2.75) is 32.1 Å². The fourth-order valence-electron chi connectivity index (χ4n) is 3.44. The minimum atomic E-state index is -0.161. The Morgan fingerprint density at radius 3 is 2.81 bits per heavy atom. The van der Waals surface area contributed by atoms with Crippen molar-refractivity contribution >= 4 is 5.91 Å². The van der Waals surface area contributed by atoms with Crippen LogP contribution in [-0.2, 0) is 16.6 Å². The molecule has 1 atom stereocenters. The highest BCUT2D eigenvalue weighted by Crippen LogP contribution is 2.26. The van der Waals surface area contributed by atoms with Crippen molar-refractivity contribution in [3.8, 4) is 5.69 Å². The van der Waals surface area contributed by atoms with Crippen LogP contribution in [0.2, 0.25) is 0 Å². The molecule has 0 bridgehead atoms. The maximum Gasteiger partial charge on any atom is 0.350 e. The van der Waals surface area contributed by atoms with Crippen molar-refractivity contribution in [2.75, 3.05) is 26.3 Å². The fraction of sp³-hybridized carbons (Fsp3) is 0.526. The third-order valence-electron chi connectivity index (χ3n) is 4.77. The summed E-state index contributed by atoms with van der Waals surface area (Å²) in [5.41, 5.74) is 0.645. The maximum absolute atomic E-state index is 12.6. The standard InChI is InChI=1S/C19H26N4O3/c1-3-26-13-11-17(24)22-12-7-8-15(14-22)18-20-21(2)19(25)23(18)16-9-5-4-6-10-16/h4-6,9-10,15H,3,7-8,11-14H2,1-2H3/t15-/m1/s1. The molecule has 0 radical (unpaired) electrons. The highest BCUT2D eigenvalue weighted by atomic mass is 16.5. The molecule has 1 aromatic heterocycles. The first-order chi connectivity index (χ1) is 12.6. The molecular weight excluding hydrogens is 332 g/mol. The van der Waals surface area contributed by atoms with E-state index in [1.807, 2.05) is 42.2 Å². The number of rotatable bonds is 6. The molecule has 0 aliphatic carbocycles. The van der Waals surface area contributed by atoms with Crippen molar-refractivity contribution in [1.82, 2.24) is 19.2 Å². The van der Waals surface area contributed by atoms with Crippen LogP contribution < -0.4 is 5.69 Å². The molecule has 1 aliphatic rings.